The second kappa shape index (κ2) is 6.92. The molecule has 0 N–H and O–H groups in total. The SMILES string of the molecule is CCOC(=O)c1nn(C2CCOCC2)c2c1CS(=O)(=O)c1c(Cl)cccc1-2. The number of halogens is 1. The lowest BCUT2D eigenvalue weighted by molar-refractivity contribution is 0.0512. The zero-order valence-electron chi connectivity index (χ0n) is 14.8. The molecule has 1 saturated heterocycles. The van der Waals surface area contributed by atoms with E-state index in [2.05, 4.69) is 5.10 Å². The highest BCUT2D eigenvalue weighted by Crippen LogP contribution is 2.44. The minimum absolute atomic E-state index is 0.0170. The van der Waals surface area contributed by atoms with Gasteiger partial charge in [0.15, 0.2) is 15.5 Å². The smallest absolute Gasteiger partial charge is 0.359 e. The molecule has 2 aliphatic heterocycles. The molecule has 0 radical (unpaired) electrons. The summed E-state index contributed by atoms with van der Waals surface area (Å²) in [5.41, 5.74) is 1.57. The Balaban J connectivity index is 1.98. The summed E-state index contributed by atoms with van der Waals surface area (Å²) >= 11 is 6.23. The Kier molecular flexibility index (Phi) is 4.73. The van der Waals surface area contributed by atoms with Crippen molar-refractivity contribution in [2.75, 3.05) is 19.8 Å². The summed E-state index contributed by atoms with van der Waals surface area (Å²) in [4.78, 5) is 12.6. The first kappa shape index (κ1) is 18.5. The fraction of sp³-hybridized carbons (Fsp3) is 0.444. The number of sulfone groups is 1. The topological polar surface area (TPSA) is 87.5 Å². The highest BCUT2D eigenvalue weighted by atomic mass is 35.5. The molecule has 0 atom stereocenters. The third-order valence-electron chi connectivity index (χ3n) is 4.88. The molecule has 9 heteroatoms. The predicted molar refractivity (Wildman–Crippen MR) is 98.6 cm³/mol. The van der Waals surface area contributed by atoms with Crippen molar-refractivity contribution in [3.8, 4) is 11.3 Å². The van der Waals surface area contributed by atoms with E-state index >= 15 is 0 Å². The number of carbonyl (C=O) groups excluding carboxylic acids is 1. The van der Waals surface area contributed by atoms with Gasteiger partial charge >= 0.3 is 5.97 Å². The quantitative estimate of drug-likeness (QED) is 0.723. The van der Waals surface area contributed by atoms with Crippen LogP contribution in [0, 0.1) is 0 Å². The van der Waals surface area contributed by atoms with Gasteiger partial charge in [0.2, 0.25) is 0 Å². The van der Waals surface area contributed by atoms with Crippen LogP contribution in [0.4, 0.5) is 0 Å². The van der Waals surface area contributed by atoms with Crippen LogP contribution in [0.5, 0.6) is 0 Å². The molecule has 1 fully saturated rings. The van der Waals surface area contributed by atoms with Crippen LogP contribution in [0.1, 0.15) is 41.9 Å². The predicted octanol–water partition coefficient (Wildman–Crippen LogP) is 3.02. The maximum Gasteiger partial charge on any atom is 0.359 e. The molecule has 1 aromatic heterocycles. The molecular weight excluding hydrogens is 392 g/mol. The number of benzene rings is 1. The summed E-state index contributed by atoms with van der Waals surface area (Å²) in [6.45, 7) is 3.07. The van der Waals surface area contributed by atoms with Crippen molar-refractivity contribution < 1.29 is 22.7 Å². The molecule has 0 saturated carbocycles. The van der Waals surface area contributed by atoms with Crippen LogP contribution < -0.4 is 0 Å². The molecule has 4 rings (SSSR count). The van der Waals surface area contributed by atoms with Gasteiger partial charge in [0.1, 0.15) is 0 Å². The lowest BCUT2D eigenvalue weighted by Crippen LogP contribution is -2.22. The van der Waals surface area contributed by atoms with Crippen LogP contribution in [0.2, 0.25) is 5.02 Å². The van der Waals surface area contributed by atoms with E-state index in [1.165, 1.54) is 0 Å². The van der Waals surface area contributed by atoms with Crippen LogP contribution >= 0.6 is 11.6 Å². The van der Waals surface area contributed by atoms with Gasteiger partial charge in [-0.05, 0) is 25.8 Å². The maximum absolute atomic E-state index is 12.9. The summed E-state index contributed by atoms with van der Waals surface area (Å²) in [7, 11) is -3.69. The van der Waals surface area contributed by atoms with Gasteiger partial charge in [-0.3, -0.25) is 4.68 Å². The number of rotatable bonds is 3. The van der Waals surface area contributed by atoms with Gasteiger partial charge in [-0.15, -0.1) is 0 Å². The summed E-state index contributed by atoms with van der Waals surface area (Å²) in [5.74, 6) is -0.934. The standard InChI is InChI=1S/C18H19ClN2O5S/c1-2-26-18(22)15-13-10-27(23,24)17-12(4-3-5-14(17)19)16(13)21(20-15)11-6-8-25-9-7-11/h3-5,11H,2,6-10H2,1H3. The van der Waals surface area contributed by atoms with Gasteiger partial charge in [-0.1, -0.05) is 23.7 Å². The van der Waals surface area contributed by atoms with Crippen molar-refractivity contribution in [1.29, 1.82) is 0 Å². The summed E-state index contributed by atoms with van der Waals surface area (Å²) in [5, 5.41) is 4.68. The van der Waals surface area contributed by atoms with E-state index in [9.17, 15) is 13.2 Å². The highest BCUT2D eigenvalue weighted by Gasteiger charge is 2.38. The van der Waals surface area contributed by atoms with Crippen molar-refractivity contribution in [1.82, 2.24) is 9.78 Å². The summed E-state index contributed by atoms with van der Waals surface area (Å²) in [6.07, 6.45) is 1.47. The Hall–Kier alpha value is -1.90. The van der Waals surface area contributed by atoms with Gasteiger partial charge in [0.25, 0.3) is 0 Å². The molecule has 0 unspecified atom stereocenters. The largest absolute Gasteiger partial charge is 0.461 e. The Morgan fingerprint density at radius 2 is 2.11 bits per heavy atom. The fourth-order valence-electron chi connectivity index (χ4n) is 3.72. The Bertz CT molecular complexity index is 1010. The third kappa shape index (κ3) is 3.05. The van der Waals surface area contributed by atoms with E-state index in [-0.39, 0.29) is 34.0 Å². The molecule has 7 nitrogen and oxygen atoms in total. The second-order valence-electron chi connectivity index (χ2n) is 6.56. The molecule has 144 valence electrons. The zero-order chi connectivity index (χ0) is 19.2. The number of fused-ring (bicyclic) bond motifs is 3. The third-order valence-corrected chi connectivity index (χ3v) is 7.04. The first-order chi connectivity index (χ1) is 12.9. The second-order valence-corrected chi connectivity index (χ2v) is 8.89. The first-order valence-corrected chi connectivity index (χ1v) is 10.8. The lowest BCUT2D eigenvalue weighted by Gasteiger charge is -2.26. The van der Waals surface area contributed by atoms with Crippen LogP contribution in [0.25, 0.3) is 11.3 Å². The highest BCUT2D eigenvalue weighted by molar-refractivity contribution is 7.91. The van der Waals surface area contributed by atoms with E-state index in [0.717, 1.165) is 12.8 Å². The van der Waals surface area contributed by atoms with Crippen molar-refractivity contribution in [2.24, 2.45) is 0 Å². The van der Waals surface area contributed by atoms with Gasteiger partial charge < -0.3 is 9.47 Å². The maximum atomic E-state index is 12.9. The average molecular weight is 411 g/mol. The van der Waals surface area contributed by atoms with Gasteiger partial charge in [0, 0.05) is 24.3 Å². The lowest BCUT2D eigenvalue weighted by atomic mass is 10.0. The number of hydrogen-bond acceptors (Lipinski definition) is 6. The molecule has 0 amide bonds. The van der Waals surface area contributed by atoms with E-state index in [0.29, 0.717) is 30.0 Å². The van der Waals surface area contributed by atoms with Crippen molar-refractivity contribution in [3.63, 3.8) is 0 Å². The molecule has 1 aromatic carbocycles. The molecule has 0 bridgehead atoms. The summed E-state index contributed by atoms with van der Waals surface area (Å²) < 4.78 is 38.1. The number of esters is 1. The van der Waals surface area contributed by atoms with E-state index in [4.69, 9.17) is 21.1 Å². The fourth-order valence-corrected chi connectivity index (χ4v) is 5.91. The molecule has 0 spiro atoms. The van der Waals surface area contributed by atoms with Gasteiger partial charge in [-0.2, -0.15) is 5.10 Å². The van der Waals surface area contributed by atoms with Crippen molar-refractivity contribution in [3.05, 3.63) is 34.5 Å². The van der Waals surface area contributed by atoms with Crippen LogP contribution in [-0.4, -0.2) is 44.0 Å². The number of ether oxygens (including phenoxy) is 2. The molecule has 3 heterocycles. The monoisotopic (exact) mass is 410 g/mol. The molecule has 2 aliphatic rings. The number of hydrogen-bond donors (Lipinski definition) is 0. The number of carbonyl (C=O) groups is 1. The summed E-state index contributed by atoms with van der Waals surface area (Å²) in [6, 6.07) is 4.99. The van der Waals surface area contributed by atoms with Crippen LogP contribution in [-0.2, 0) is 25.1 Å². The molecule has 2 aromatic rings. The Labute approximate surface area is 162 Å². The van der Waals surface area contributed by atoms with Gasteiger partial charge in [0.05, 0.1) is 34.0 Å². The van der Waals surface area contributed by atoms with E-state index in [1.807, 2.05) is 0 Å². The minimum atomic E-state index is -3.69. The van der Waals surface area contributed by atoms with Crippen LogP contribution in [0.15, 0.2) is 23.1 Å². The van der Waals surface area contributed by atoms with Gasteiger partial charge in [-0.25, -0.2) is 13.2 Å². The van der Waals surface area contributed by atoms with Crippen molar-refractivity contribution in [2.45, 2.75) is 36.5 Å². The normalized spacial score (nSPS) is 18.6. The molecule has 0 aliphatic carbocycles. The Morgan fingerprint density at radius 3 is 2.81 bits per heavy atom. The number of aromatic nitrogens is 2. The average Bonchev–Trinajstić information content (AvgIpc) is 3.01. The van der Waals surface area contributed by atoms with Crippen LogP contribution in [0.3, 0.4) is 0 Å². The minimum Gasteiger partial charge on any atom is -0.461 e. The number of nitrogens with zero attached hydrogens (tertiary/aromatic N) is 2. The molecule has 27 heavy (non-hydrogen) atoms. The van der Waals surface area contributed by atoms with E-state index < -0.39 is 15.8 Å². The van der Waals surface area contributed by atoms with Crippen molar-refractivity contribution >= 4 is 27.4 Å². The first-order valence-electron chi connectivity index (χ1n) is 8.82. The molecular formula is C18H19ClN2O5S. The Morgan fingerprint density at radius 1 is 1.37 bits per heavy atom. The zero-order valence-corrected chi connectivity index (χ0v) is 16.3. The van der Waals surface area contributed by atoms with E-state index in [1.54, 1.807) is 29.8 Å².